The third kappa shape index (κ3) is 3.98. The van der Waals surface area contributed by atoms with E-state index in [1.807, 2.05) is 0 Å². The number of aryl methyl sites for hydroxylation is 2. The van der Waals surface area contributed by atoms with Gasteiger partial charge in [-0.15, -0.1) is 0 Å². The Morgan fingerprint density at radius 2 is 1.57 bits per heavy atom. The first-order valence-electron chi connectivity index (χ1n) is 16.3. The second-order valence-corrected chi connectivity index (χ2v) is 13.3. The molecule has 46 heavy (non-hydrogen) atoms. The largest absolute Gasteiger partial charge is 0.455 e. The Bertz CT molecular complexity index is 2350. The van der Waals surface area contributed by atoms with E-state index in [0.717, 1.165) is 41.8 Å². The number of benzene rings is 4. The highest BCUT2D eigenvalue weighted by Crippen LogP contribution is 2.49. The molecule has 0 aliphatic carbocycles. The summed E-state index contributed by atoms with van der Waals surface area (Å²) in [5.41, 5.74) is 14.1. The summed E-state index contributed by atoms with van der Waals surface area (Å²) >= 11 is 0. The van der Waals surface area contributed by atoms with Gasteiger partial charge >= 0.3 is 0 Å². The Morgan fingerprint density at radius 3 is 2.43 bits per heavy atom. The molecule has 0 spiro atoms. The first-order chi connectivity index (χ1) is 22.5. The van der Waals surface area contributed by atoms with Crippen LogP contribution in [0.5, 0.6) is 0 Å². The van der Waals surface area contributed by atoms with E-state index in [4.69, 9.17) is 11.0 Å². The van der Waals surface area contributed by atoms with Crippen molar-refractivity contribution < 1.29 is 13.6 Å². The van der Waals surface area contributed by atoms with E-state index in [0.29, 0.717) is 0 Å². The van der Waals surface area contributed by atoms with Gasteiger partial charge in [0.25, 0.3) is 0 Å². The van der Waals surface area contributed by atoms with Crippen LogP contribution in [-0.2, 0) is 12.0 Å². The van der Waals surface area contributed by atoms with E-state index < -0.39 is 0 Å². The van der Waals surface area contributed by atoms with E-state index in [-0.39, 0.29) is 11.5 Å². The molecule has 2 unspecified atom stereocenters. The van der Waals surface area contributed by atoms with Gasteiger partial charge in [0.2, 0.25) is 11.4 Å². The minimum absolute atomic E-state index is 0.215. The second-order valence-electron chi connectivity index (χ2n) is 13.3. The van der Waals surface area contributed by atoms with Gasteiger partial charge in [-0.2, -0.15) is 9.13 Å². The number of furan rings is 1. The van der Waals surface area contributed by atoms with Crippen LogP contribution in [0.1, 0.15) is 42.4 Å². The summed E-state index contributed by atoms with van der Waals surface area (Å²) in [4.78, 5) is 0. The first kappa shape index (κ1) is 27.1. The van der Waals surface area contributed by atoms with Crippen LogP contribution < -0.4 is 9.13 Å². The van der Waals surface area contributed by atoms with E-state index in [1.54, 1.807) is 0 Å². The summed E-state index contributed by atoms with van der Waals surface area (Å²) in [6, 6.07) is 42.1. The lowest BCUT2D eigenvalue weighted by Crippen LogP contribution is -2.62. The van der Waals surface area contributed by atoms with E-state index in [9.17, 15) is 0 Å². The third-order valence-corrected chi connectivity index (χ3v) is 10.6. The Labute approximate surface area is 269 Å². The standard InChI is InChI=1S/C43H36N2O/c1-28-15-22-40-36(25-28)34-20-16-31-18-21-37-33-19-17-32(30-11-5-4-6-12-30)26-35(33)38-13-8-10-24-45(38)43(37,3)27-29(2)44-23-9-7-14-39(44)41(31)42(34)46-40/h4-17,19-20,22-26,37H,2,18,21,27H2,1,3H3/q+2. The zero-order chi connectivity index (χ0) is 31.0. The van der Waals surface area contributed by atoms with Crippen molar-refractivity contribution in [3.8, 4) is 33.6 Å². The predicted octanol–water partition coefficient (Wildman–Crippen LogP) is 9.79. The van der Waals surface area contributed by atoms with Crippen molar-refractivity contribution in [2.75, 3.05) is 0 Å². The number of hydrogen-bond acceptors (Lipinski definition) is 1. The van der Waals surface area contributed by atoms with Crippen LogP contribution in [0.3, 0.4) is 0 Å². The van der Waals surface area contributed by atoms with Crippen molar-refractivity contribution in [3.05, 3.63) is 151 Å². The Hall–Kier alpha value is -5.28. The minimum Gasteiger partial charge on any atom is -0.455 e. The molecule has 0 bridgehead atoms. The molecule has 2 aliphatic rings. The molecule has 4 aromatic carbocycles. The van der Waals surface area contributed by atoms with Gasteiger partial charge in [-0.25, -0.2) is 0 Å². The van der Waals surface area contributed by atoms with Crippen LogP contribution in [0, 0.1) is 6.92 Å². The molecule has 0 saturated carbocycles. The zero-order valence-corrected chi connectivity index (χ0v) is 26.3. The molecule has 0 radical (unpaired) electrons. The molecule has 7 aromatic rings. The number of allylic oxidation sites excluding steroid dienone is 1. The van der Waals surface area contributed by atoms with Crippen LogP contribution >= 0.6 is 0 Å². The van der Waals surface area contributed by atoms with Crippen molar-refractivity contribution in [1.82, 2.24) is 0 Å². The molecule has 3 nitrogen and oxygen atoms in total. The van der Waals surface area contributed by atoms with Gasteiger partial charge in [0, 0.05) is 42.0 Å². The molecule has 3 heteroatoms. The summed E-state index contributed by atoms with van der Waals surface area (Å²) in [6.45, 7) is 9.36. The molecule has 0 N–H and O–H groups in total. The topological polar surface area (TPSA) is 20.9 Å². The summed E-state index contributed by atoms with van der Waals surface area (Å²) in [6.07, 6.45) is 7.21. The molecule has 3 aromatic heterocycles. The molecule has 2 aliphatic heterocycles. The van der Waals surface area contributed by atoms with Crippen molar-refractivity contribution in [1.29, 1.82) is 0 Å². The van der Waals surface area contributed by atoms with Crippen LogP contribution in [0.25, 0.3) is 61.3 Å². The molecule has 0 amide bonds. The Kier molecular flexibility index (Phi) is 5.95. The number of hydrogen-bond donors (Lipinski definition) is 0. The lowest BCUT2D eigenvalue weighted by Gasteiger charge is -2.39. The van der Waals surface area contributed by atoms with E-state index in [1.165, 1.54) is 55.4 Å². The highest BCUT2D eigenvalue weighted by atomic mass is 16.3. The van der Waals surface area contributed by atoms with Gasteiger partial charge in [-0.1, -0.05) is 66.2 Å². The molecule has 0 fully saturated rings. The quantitative estimate of drug-likeness (QED) is 0.173. The summed E-state index contributed by atoms with van der Waals surface area (Å²) in [5.74, 6) is 0.275. The van der Waals surface area contributed by atoms with Gasteiger partial charge in [0.1, 0.15) is 11.2 Å². The van der Waals surface area contributed by atoms with Gasteiger partial charge in [0.15, 0.2) is 23.6 Å². The van der Waals surface area contributed by atoms with Crippen LogP contribution in [-0.4, -0.2) is 0 Å². The SMILES string of the molecule is C=C1CC2(C)C(CCc3ccc4c(oc5ccc(C)cc54)c3-c3cccc[n+]31)c1ccc(-c3ccccc3)cc1-c1cccc[n+]12. The molecule has 2 atom stereocenters. The Balaban J connectivity index is 1.27. The molecule has 5 heterocycles. The first-order valence-corrected chi connectivity index (χ1v) is 16.3. The average molecular weight is 597 g/mol. The third-order valence-electron chi connectivity index (χ3n) is 10.6. The fourth-order valence-corrected chi connectivity index (χ4v) is 8.38. The maximum atomic E-state index is 6.70. The van der Waals surface area contributed by atoms with Crippen molar-refractivity contribution >= 4 is 27.6 Å². The van der Waals surface area contributed by atoms with Gasteiger partial charge in [-0.3, -0.25) is 0 Å². The fourth-order valence-electron chi connectivity index (χ4n) is 8.38. The van der Waals surface area contributed by atoms with Crippen molar-refractivity contribution in [2.45, 2.75) is 44.6 Å². The number of fused-ring (bicyclic) bond motifs is 13. The zero-order valence-electron chi connectivity index (χ0n) is 26.3. The summed E-state index contributed by atoms with van der Waals surface area (Å²) in [5, 5.41) is 2.34. The van der Waals surface area contributed by atoms with Gasteiger partial charge in [-0.05, 0) is 78.9 Å². The molecule has 222 valence electrons. The monoisotopic (exact) mass is 596 g/mol. The summed E-state index contributed by atoms with van der Waals surface area (Å²) < 4.78 is 11.5. The molecule has 0 saturated heterocycles. The number of pyridine rings is 2. The number of aromatic nitrogens is 2. The second kappa shape index (κ2) is 10.1. The number of rotatable bonds is 1. The van der Waals surface area contributed by atoms with E-state index >= 15 is 0 Å². The van der Waals surface area contributed by atoms with Crippen LogP contribution in [0.2, 0.25) is 0 Å². The lowest BCUT2D eigenvalue weighted by molar-refractivity contribution is -0.759. The maximum absolute atomic E-state index is 6.70. The predicted molar refractivity (Wildman–Crippen MR) is 186 cm³/mol. The van der Waals surface area contributed by atoms with E-state index in [2.05, 4.69) is 151 Å². The highest BCUT2D eigenvalue weighted by molar-refractivity contribution is 6.10. The van der Waals surface area contributed by atoms with Crippen LogP contribution in [0.4, 0.5) is 0 Å². The average Bonchev–Trinajstić information content (AvgIpc) is 3.46. The number of nitrogens with zero attached hydrogens (tertiary/aromatic N) is 2. The minimum atomic E-state index is -0.215. The molecule has 9 rings (SSSR count). The smallest absolute Gasteiger partial charge is 0.222 e. The van der Waals surface area contributed by atoms with Crippen LogP contribution in [0.15, 0.2) is 139 Å². The highest BCUT2D eigenvalue weighted by Gasteiger charge is 2.52. The normalized spacial score (nSPS) is 18.7. The Morgan fingerprint density at radius 1 is 0.761 bits per heavy atom. The van der Waals surface area contributed by atoms with Gasteiger partial charge in [0.05, 0.1) is 23.5 Å². The van der Waals surface area contributed by atoms with Crippen molar-refractivity contribution in [2.24, 2.45) is 0 Å². The molecular weight excluding hydrogens is 560 g/mol. The maximum Gasteiger partial charge on any atom is 0.222 e. The van der Waals surface area contributed by atoms with Gasteiger partial charge < -0.3 is 4.42 Å². The lowest BCUT2D eigenvalue weighted by atomic mass is 9.69. The van der Waals surface area contributed by atoms with Crippen molar-refractivity contribution in [3.63, 3.8) is 0 Å². The summed E-state index contributed by atoms with van der Waals surface area (Å²) in [7, 11) is 0. The molecular formula is C43H36N2O+2. The fraction of sp³-hybridized carbons (Fsp3) is 0.163.